The molecule has 128 valence electrons. The number of anilines is 1. The molecule has 1 aromatic rings. The van der Waals surface area contributed by atoms with E-state index in [-0.39, 0.29) is 11.9 Å². The number of nitrogens with zero attached hydrogens (tertiary/aromatic N) is 3. The van der Waals surface area contributed by atoms with Crippen molar-refractivity contribution in [1.29, 1.82) is 0 Å². The Hall–Kier alpha value is -1.59. The molecule has 0 aromatic heterocycles. The minimum absolute atomic E-state index is 0.119. The number of amides is 1. The maximum absolute atomic E-state index is 11.7. The molecule has 5 nitrogen and oxygen atoms in total. The average molecular weight is 318 g/mol. The van der Waals surface area contributed by atoms with Crippen LogP contribution in [-0.4, -0.2) is 69.6 Å². The number of carbonyl (C=O) groups is 1. The van der Waals surface area contributed by atoms with E-state index < -0.39 is 0 Å². The number of carbonyl (C=O) groups excluding carboxylic acids is 1. The number of benzene rings is 1. The summed E-state index contributed by atoms with van der Waals surface area (Å²) in [5.41, 5.74) is 2.47. The summed E-state index contributed by atoms with van der Waals surface area (Å²) < 4.78 is 0. The van der Waals surface area contributed by atoms with Crippen LogP contribution < -0.4 is 10.2 Å². The summed E-state index contributed by atoms with van der Waals surface area (Å²) in [5, 5.41) is 3.07. The molecule has 2 rings (SSSR count). The molecule has 1 aliphatic heterocycles. The van der Waals surface area contributed by atoms with Crippen LogP contribution in [0.5, 0.6) is 0 Å². The molecule has 1 saturated heterocycles. The lowest BCUT2D eigenvalue weighted by Crippen LogP contribution is -2.48. The number of nitrogens with one attached hydrogen (secondary N) is 1. The summed E-state index contributed by atoms with van der Waals surface area (Å²) in [6.45, 7) is 6.81. The predicted octanol–water partition coefficient (Wildman–Crippen LogP) is 1.57. The lowest BCUT2D eigenvalue weighted by molar-refractivity contribution is -0.121. The van der Waals surface area contributed by atoms with Gasteiger partial charge in [0, 0.05) is 58.9 Å². The lowest BCUT2D eigenvalue weighted by Gasteiger charge is -2.38. The Morgan fingerprint density at radius 1 is 1.17 bits per heavy atom. The fourth-order valence-electron chi connectivity index (χ4n) is 2.92. The predicted molar refractivity (Wildman–Crippen MR) is 95.9 cm³/mol. The van der Waals surface area contributed by atoms with Gasteiger partial charge in [-0.2, -0.15) is 0 Å². The van der Waals surface area contributed by atoms with Gasteiger partial charge in [-0.15, -0.1) is 0 Å². The Bertz CT molecular complexity index is 492. The van der Waals surface area contributed by atoms with Gasteiger partial charge in [0.25, 0.3) is 0 Å². The third-order valence-electron chi connectivity index (χ3n) is 4.59. The van der Waals surface area contributed by atoms with Crippen molar-refractivity contribution in [1.82, 2.24) is 15.1 Å². The van der Waals surface area contributed by atoms with E-state index in [2.05, 4.69) is 65.4 Å². The minimum Gasteiger partial charge on any atom is -0.378 e. The van der Waals surface area contributed by atoms with Crippen LogP contribution in [0.25, 0.3) is 0 Å². The maximum atomic E-state index is 11.7. The zero-order chi connectivity index (χ0) is 16.8. The van der Waals surface area contributed by atoms with Crippen molar-refractivity contribution in [3.8, 4) is 0 Å². The smallest absolute Gasteiger partial charge is 0.219 e. The molecule has 0 spiro atoms. The zero-order valence-electron chi connectivity index (χ0n) is 14.9. The molecule has 0 saturated carbocycles. The molecular weight excluding hydrogens is 288 g/mol. The molecule has 1 fully saturated rings. The Balaban J connectivity index is 2.12. The van der Waals surface area contributed by atoms with E-state index in [0.717, 1.165) is 26.2 Å². The average Bonchev–Trinajstić information content (AvgIpc) is 2.56. The molecule has 0 unspecified atom stereocenters. The fourth-order valence-corrected chi connectivity index (χ4v) is 2.92. The Morgan fingerprint density at radius 2 is 1.78 bits per heavy atom. The highest BCUT2D eigenvalue weighted by Crippen LogP contribution is 2.24. The number of hydrogen-bond acceptors (Lipinski definition) is 4. The van der Waals surface area contributed by atoms with Gasteiger partial charge in [0.05, 0.1) is 6.04 Å². The number of rotatable bonds is 6. The Morgan fingerprint density at radius 3 is 2.30 bits per heavy atom. The standard InChI is InChI=1S/C18H30N4O/c1-5-18(23)19-14-17(22-12-10-21(4)11-13-22)15-6-8-16(9-7-15)20(2)3/h6-9,17H,5,10-14H2,1-4H3,(H,19,23)/t17-/m0/s1. The molecule has 1 aliphatic rings. The summed E-state index contributed by atoms with van der Waals surface area (Å²) >= 11 is 0. The summed E-state index contributed by atoms with van der Waals surface area (Å²) in [6.07, 6.45) is 0.537. The molecule has 1 heterocycles. The van der Waals surface area contributed by atoms with Crippen molar-refractivity contribution in [3.63, 3.8) is 0 Å². The molecular formula is C18H30N4O. The first-order valence-electron chi connectivity index (χ1n) is 8.47. The second-order valence-corrected chi connectivity index (χ2v) is 6.50. The second kappa shape index (κ2) is 8.31. The zero-order valence-corrected chi connectivity index (χ0v) is 14.9. The van der Waals surface area contributed by atoms with E-state index in [0.29, 0.717) is 13.0 Å². The van der Waals surface area contributed by atoms with Gasteiger partial charge in [-0.3, -0.25) is 9.69 Å². The largest absolute Gasteiger partial charge is 0.378 e. The Kier molecular flexibility index (Phi) is 6.42. The van der Waals surface area contributed by atoms with Crippen molar-refractivity contribution >= 4 is 11.6 Å². The van der Waals surface area contributed by atoms with Crippen LogP contribution in [0.4, 0.5) is 5.69 Å². The number of likely N-dealkylation sites (N-methyl/N-ethyl adjacent to an activating group) is 1. The first-order valence-corrected chi connectivity index (χ1v) is 8.47. The van der Waals surface area contributed by atoms with Gasteiger partial charge in [-0.05, 0) is 24.7 Å². The van der Waals surface area contributed by atoms with E-state index in [4.69, 9.17) is 0 Å². The SMILES string of the molecule is CCC(=O)NC[C@@H](c1ccc(N(C)C)cc1)N1CCN(C)CC1. The van der Waals surface area contributed by atoms with Crippen molar-refractivity contribution in [2.24, 2.45) is 0 Å². The monoisotopic (exact) mass is 318 g/mol. The van der Waals surface area contributed by atoms with E-state index in [1.54, 1.807) is 0 Å². The molecule has 1 atom stereocenters. The van der Waals surface area contributed by atoms with Gasteiger partial charge < -0.3 is 15.1 Å². The van der Waals surface area contributed by atoms with Crippen molar-refractivity contribution < 1.29 is 4.79 Å². The van der Waals surface area contributed by atoms with E-state index >= 15 is 0 Å². The first kappa shape index (κ1) is 17.8. The quantitative estimate of drug-likeness (QED) is 0.864. The van der Waals surface area contributed by atoms with Gasteiger partial charge >= 0.3 is 0 Å². The maximum Gasteiger partial charge on any atom is 0.219 e. The van der Waals surface area contributed by atoms with Crippen LogP contribution in [0, 0.1) is 0 Å². The molecule has 0 radical (unpaired) electrons. The van der Waals surface area contributed by atoms with Crippen LogP contribution in [0.3, 0.4) is 0 Å². The molecule has 1 amide bonds. The van der Waals surface area contributed by atoms with Crippen LogP contribution in [-0.2, 0) is 4.79 Å². The van der Waals surface area contributed by atoms with Crippen LogP contribution in [0.2, 0.25) is 0 Å². The lowest BCUT2D eigenvalue weighted by atomic mass is 10.0. The highest BCUT2D eigenvalue weighted by Gasteiger charge is 2.24. The van der Waals surface area contributed by atoms with E-state index in [9.17, 15) is 4.79 Å². The van der Waals surface area contributed by atoms with E-state index in [1.165, 1.54) is 11.3 Å². The number of piperazine rings is 1. The third kappa shape index (κ3) is 4.94. The van der Waals surface area contributed by atoms with Gasteiger partial charge in [-0.1, -0.05) is 19.1 Å². The Labute approximate surface area is 140 Å². The van der Waals surface area contributed by atoms with Gasteiger partial charge in [-0.25, -0.2) is 0 Å². The summed E-state index contributed by atoms with van der Waals surface area (Å²) in [7, 11) is 6.26. The van der Waals surface area contributed by atoms with Crippen molar-refractivity contribution in [3.05, 3.63) is 29.8 Å². The van der Waals surface area contributed by atoms with E-state index in [1.807, 2.05) is 6.92 Å². The first-order chi connectivity index (χ1) is 11.0. The summed E-state index contributed by atoms with van der Waals surface area (Å²) in [6, 6.07) is 8.93. The van der Waals surface area contributed by atoms with Crippen molar-refractivity contribution in [2.45, 2.75) is 19.4 Å². The van der Waals surface area contributed by atoms with Gasteiger partial charge in [0.15, 0.2) is 0 Å². The highest BCUT2D eigenvalue weighted by molar-refractivity contribution is 5.75. The second-order valence-electron chi connectivity index (χ2n) is 6.50. The topological polar surface area (TPSA) is 38.8 Å². The van der Waals surface area contributed by atoms with Crippen LogP contribution in [0.1, 0.15) is 24.9 Å². The van der Waals surface area contributed by atoms with Crippen molar-refractivity contribution in [2.75, 3.05) is 58.8 Å². The molecule has 0 bridgehead atoms. The molecule has 1 aromatic carbocycles. The normalized spacial score (nSPS) is 17.7. The fraction of sp³-hybridized carbons (Fsp3) is 0.611. The van der Waals surface area contributed by atoms with Crippen LogP contribution >= 0.6 is 0 Å². The summed E-state index contributed by atoms with van der Waals surface area (Å²) in [4.78, 5) is 18.6. The third-order valence-corrected chi connectivity index (χ3v) is 4.59. The highest BCUT2D eigenvalue weighted by atomic mass is 16.1. The molecule has 5 heteroatoms. The van der Waals surface area contributed by atoms with Crippen LogP contribution in [0.15, 0.2) is 24.3 Å². The molecule has 1 N–H and O–H groups in total. The van der Waals surface area contributed by atoms with Gasteiger partial charge in [0.1, 0.15) is 0 Å². The number of hydrogen-bond donors (Lipinski definition) is 1. The minimum atomic E-state index is 0.119. The molecule has 0 aliphatic carbocycles. The summed E-state index contributed by atoms with van der Waals surface area (Å²) in [5.74, 6) is 0.119. The van der Waals surface area contributed by atoms with Gasteiger partial charge in [0.2, 0.25) is 5.91 Å². The molecule has 23 heavy (non-hydrogen) atoms.